The maximum absolute atomic E-state index is 11.8. The average Bonchev–Trinajstić information content (AvgIpc) is 2.50. The zero-order valence-electron chi connectivity index (χ0n) is 12.8. The van der Waals surface area contributed by atoms with Gasteiger partial charge in [0.2, 0.25) is 5.88 Å². The molecule has 6 heteroatoms. The van der Waals surface area contributed by atoms with Crippen LogP contribution in [0, 0.1) is 0 Å². The van der Waals surface area contributed by atoms with Crippen LogP contribution in [0.1, 0.15) is 26.2 Å². The molecule has 0 aromatic carbocycles. The SMILES string of the molecule is COc1ccc(NC(=O)NCCN2CCCC[C@@H]2C)cn1. The minimum Gasteiger partial charge on any atom is -0.481 e. The number of piperidine rings is 1. The lowest BCUT2D eigenvalue weighted by Crippen LogP contribution is -2.43. The van der Waals surface area contributed by atoms with Gasteiger partial charge in [-0.15, -0.1) is 0 Å². The van der Waals surface area contributed by atoms with Crippen LogP contribution in [0.2, 0.25) is 0 Å². The number of aromatic nitrogens is 1. The third-order valence-corrected chi connectivity index (χ3v) is 3.83. The van der Waals surface area contributed by atoms with Gasteiger partial charge in [-0.2, -0.15) is 0 Å². The number of amides is 2. The van der Waals surface area contributed by atoms with Gasteiger partial charge in [0.05, 0.1) is 19.0 Å². The van der Waals surface area contributed by atoms with Gasteiger partial charge in [-0.1, -0.05) is 6.42 Å². The molecule has 21 heavy (non-hydrogen) atoms. The van der Waals surface area contributed by atoms with Gasteiger partial charge in [-0.05, 0) is 32.4 Å². The van der Waals surface area contributed by atoms with Crippen molar-refractivity contribution in [3.05, 3.63) is 18.3 Å². The van der Waals surface area contributed by atoms with E-state index in [9.17, 15) is 4.79 Å². The first-order chi connectivity index (χ1) is 10.2. The van der Waals surface area contributed by atoms with E-state index in [0.717, 1.165) is 13.1 Å². The van der Waals surface area contributed by atoms with Crippen molar-refractivity contribution in [3.63, 3.8) is 0 Å². The van der Waals surface area contributed by atoms with Crippen molar-refractivity contribution in [2.45, 2.75) is 32.2 Å². The first kappa shape index (κ1) is 15.6. The maximum Gasteiger partial charge on any atom is 0.319 e. The number of hydrogen-bond acceptors (Lipinski definition) is 4. The molecule has 2 N–H and O–H groups in total. The van der Waals surface area contributed by atoms with E-state index in [-0.39, 0.29) is 6.03 Å². The third-order valence-electron chi connectivity index (χ3n) is 3.83. The highest BCUT2D eigenvalue weighted by molar-refractivity contribution is 5.88. The molecule has 116 valence electrons. The molecule has 0 unspecified atom stereocenters. The fraction of sp³-hybridized carbons (Fsp3) is 0.600. The molecule has 1 aliphatic heterocycles. The standard InChI is InChI=1S/C15H24N4O2/c1-12-5-3-4-9-19(12)10-8-16-15(20)18-13-6-7-14(21-2)17-11-13/h6-7,11-12H,3-5,8-10H2,1-2H3,(H2,16,18,20)/t12-/m0/s1. The van der Waals surface area contributed by atoms with Crippen LogP contribution in [-0.2, 0) is 0 Å². The van der Waals surface area contributed by atoms with Gasteiger partial charge in [0.1, 0.15) is 0 Å². The second-order valence-electron chi connectivity index (χ2n) is 5.35. The Bertz CT molecular complexity index is 449. The number of urea groups is 1. The van der Waals surface area contributed by atoms with Gasteiger partial charge in [-0.25, -0.2) is 9.78 Å². The van der Waals surface area contributed by atoms with E-state index < -0.39 is 0 Å². The second kappa shape index (κ2) is 7.83. The highest BCUT2D eigenvalue weighted by Gasteiger charge is 2.17. The fourth-order valence-electron chi connectivity index (χ4n) is 2.55. The summed E-state index contributed by atoms with van der Waals surface area (Å²) in [5.41, 5.74) is 0.652. The quantitative estimate of drug-likeness (QED) is 0.872. The molecule has 1 aliphatic rings. The van der Waals surface area contributed by atoms with Crippen LogP contribution in [0.15, 0.2) is 18.3 Å². The summed E-state index contributed by atoms with van der Waals surface area (Å²) in [6.45, 7) is 4.93. The molecule has 0 saturated carbocycles. The highest BCUT2D eigenvalue weighted by Crippen LogP contribution is 2.15. The Morgan fingerprint density at radius 1 is 1.48 bits per heavy atom. The van der Waals surface area contributed by atoms with Gasteiger partial charge < -0.3 is 15.4 Å². The molecule has 2 rings (SSSR count). The first-order valence-corrected chi connectivity index (χ1v) is 7.48. The van der Waals surface area contributed by atoms with Crippen LogP contribution in [0.3, 0.4) is 0 Å². The summed E-state index contributed by atoms with van der Waals surface area (Å²) < 4.78 is 4.97. The van der Waals surface area contributed by atoms with Crippen molar-refractivity contribution in [3.8, 4) is 5.88 Å². The minimum atomic E-state index is -0.202. The van der Waals surface area contributed by atoms with Crippen molar-refractivity contribution in [2.75, 3.05) is 32.1 Å². The summed E-state index contributed by atoms with van der Waals surface area (Å²) >= 11 is 0. The van der Waals surface area contributed by atoms with Gasteiger partial charge >= 0.3 is 6.03 Å². The summed E-state index contributed by atoms with van der Waals surface area (Å²) in [7, 11) is 1.56. The molecule has 1 saturated heterocycles. The number of hydrogen-bond donors (Lipinski definition) is 2. The Kier molecular flexibility index (Phi) is 5.80. The molecule has 2 amide bonds. The van der Waals surface area contributed by atoms with Crippen LogP contribution in [-0.4, -0.2) is 48.7 Å². The Morgan fingerprint density at radius 2 is 2.33 bits per heavy atom. The van der Waals surface area contributed by atoms with Gasteiger partial charge in [0.15, 0.2) is 0 Å². The summed E-state index contributed by atoms with van der Waals surface area (Å²) in [5.74, 6) is 0.528. The molecule has 1 aromatic heterocycles. The van der Waals surface area contributed by atoms with Gasteiger partial charge in [0.25, 0.3) is 0 Å². The molecular weight excluding hydrogens is 268 g/mol. The van der Waals surface area contributed by atoms with E-state index in [2.05, 4.69) is 27.4 Å². The van der Waals surface area contributed by atoms with E-state index >= 15 is 0 Å². The van der Waals surface area contributed by atoms with Gasteiger partial charge in [0, 0.05) is 25.2 Å². The normalized spacial score (nSPS) is 19.0. The van der Waals surface area contributed by atoms with Gasteiger partial charge in [-0.3, -0.25) is 4.90 Å². The Balaban J connectivity index is 1.69. The summed E-state index contributed by atoms with van der Waals surface area (Å²) in [4.78, 5) is 18.3. The van der Waals surface area contributed by atoms with Crippen LogP contribution < -0.4 is 15.4 Å². The van der Waals surface area contributed by atoms with Crippen molar-refractivity contribution in [1.82, 2.24) is 15.2 Å². The topological polar surface area (TPSA) is 66.5 Å². The number of carbonyl (C=O) groups is 1. The van der Waals surface area contributed by atoms with Crippen molar-refractivity contribution >= 4 is 11.7 Å². The largest absolute Gasteiger partial charge is 0.481 e. The molecule has 1 fully saturated rings. The third kappa shape index (κ3) is 4.90. The number of carbonyl (C=O) groups excluding carboxylic acids is 1. The Morgan fingerprint density at radius 3 is 3.00 bits per heavy atom. The monoisotopic (exact) mass is 292 g/mol. The summed E-state index contributed by atoms with van der Waals surface area (Å²) in [5, 5.41) is 5.63. The highest BCUT2D eigenvalue weighted by atomic mass is 16.5. The zero-order valence-corrected chi connectivity index (χ0v) is 12.8. The smallest absolute Gasteiger partial charge is 0.319 e. The van der Waals surface area contributed by atoms with Crippen LogP contribution in [0.25, 0.3) is 0 Å². The molecule has 0 radical (unpaired) electrons. The predicted molar refractivity (Wildman–Crippen MR) is 82.7 cm³/mol. The molecule has 6 nitrogen and oxygen atoms in total. The number of anilines is 1. The number of methoxy groups -OCH3 is 1. The number of nitrogens with one attached hydrogen (secondary N) is 2. The predicted octanol–water partition coefficient (Wildman–Crippen LogP) is 2.09. The molecule has 0 aliphatic carbocycles. The lowest BCUT2D eigenvalue weighted by Gasteiger charge is -2.33. The van der Waals surface area contributed by atoms with E-state index in [1.54, 1.807) is 25.4 Å². The maximum atomic E-state index is 11.8. The number of ether oxygens (including phenoxy) is 1. The summed E-state index contributed by atoms with van der Waals surface area (Å²) in [6.07, 6.45) is 5.40. The van der Waals surface area contributed by atoms with Crippen LogP contribution >= 0.6 is 0 Å². The molecule has 2 heterocycles. The lowest BCUT2D eigenvalue weighted by molar-refractivity contribution is 0.162. The van der Waals surface area contributed by atoms with Crippen molar-refractivity contribution in [2.24, 2.45) is 0 Å². The molecule has 0 bridgehead atoms. The number of nitrogens with zero attached hydrogens (tertiary/aromatic N) is 2. The average molecular weight is 292 g/mol. The first-order valence-electron chi connectivity index (χ1n) is 7.48. The lowest BCUT2D eigenvalue weighted by atomic mass is 10.0. The van der Waals surface area contributed by atoms with Crippen LogP contribution in [0.4, 0.5) is 10.5 Å². The van der Waals surface area contributed by atoms with E-state index in [4.69, 9.17) is 4.74 Å². The molecule has 1 aromatic rings. The van der Waals surface area contributed by atoms with E-state index in [0.29, 0.717) is 24.2 Å². The second-order valence-corrected chi connectivity index (χ2v) is 5.35. The van der Waals surface area contributed by atoms with Crippen molar-refractivity contribution < 1.29 is 9.53 Å². The van der Waals surface area contributed by atoms with Crippen LogP contribution in [0.5, 0.6) is 5.88 Å². The molecule has 0 spiro atoms. The Hall–Kier alpha value is -1.82. The zero-order chi connectivity index (χ0) is 15.1. The minimum absolute atomic E-state index is 0.202. The molecular formula is C15H24N4O2. The number of pyridine rings is 1. The number of likely N-dealkylation sites (tertiary alicyclic amines) is 1. The van der Waals surface area contributed by atoms with E-state index in [1.807, 2.05) is 0 Å². The Labute approximate surface area is 125 Å². The molecule has 1 atom stereocenters. The summed E-state index contributed by atoms with van der Waals surface area (Å²) in [6, 6.07) is 3.89. The number of rotatable bonds is 5. The van der Waals surface area contributed by atoms with E-state index in [1.165, 1.54) is 19.3 Å². The fourth-order valence-corrected chi connectivity index (χ4v) is 2.55. The van der Waals surface area contributed by atoms with Crippen molar-refractivity contribution in [1.29, 1.82) is 0 Å².